The normalized spacial score (nSPS) is 14.0. The van der Waals surface area contributed by atoms with Crippen LogP contribution in [0.2, 0.25) is 0 Å². The number of Topliss-reactive ketones (excluding diaryl/α,β-unsaturated/α-hetero) is 1. The number of rotatable bonds is 5. The van der Waals surface area contributed by atoms with Crippen molar-refractivity contribution in [3.05, 3.63) is 71.3 Å². The molecule has 0 aliphatic carbocycles. The van der Waals surface area contributed by atoms with Crippen LogP contribution in [0.4, 0.5) is 0 Å². The monoisotopic (exact) mass is 281 g/mol. The summed E-state index contributed by atoms with van der Waals surface area (Å²) >= 11 is 0. The van der Waals surface area contributed by atoms with Crippen molar-refractivity contribution in [3.8, 4) is 0 Å². The molecule has 110 valence electrons. The van der Waals surface area contributed by atoms with Crippen LogP contribution in [0.25, 0.3) is 0 Å². The lowest BCUT2D eigenvalue weighted by Crippen LogP contribution is -2.50. The first-order valence-electron chi connectivity index (χ1n) is 7.26. The average Bonchev–Trinajstić information content (AvgIpc) is 2.49. The topological polar surface area (TPSA) is 20.3 Å². The van der Waals surface area contributed by atoms with Gasteiger partial charge in [0.1, 0.15) is 0 Å². The fourth-order valence-corrected chi connectivity index (χ4v) is 2.45. The zero-order valence-corrected chi connectivity index (χ0v) is 13.3. The van der Waals surface area contributed by atoms with E-state index in [0.717, 1.165) is 5.56 Å². The number of likely N-dealkylation sites (N-methyl/N-ethyl adjacent to an activating group) is 1. The van der Waals surface area contributed by atoms with E-state index < -0.39 is 5.54 Å². The second-order valence-corrected chi connectivity index (χ2v) is 6.03. The molecule has 0 amide bonds. The highest BCUT2D eigenvalue weighted by Gasteiger charge is 2.36. The number of carbonyl (C=O) groups excluding carboxylic acids is 1. The average molecular weight is 281 g/mol. The van der Waals surface area contributed by atoms with Gasteiger partial charge >= 0.3 is 0 Å². The summed E-state index contributed by atoms with van der Waals surface area (Å²) in [6.45, 7) is 4.09. The van der Waals surface area contributed by atoms with E-state index in [9.17, 15) is 4.79 Å². The van der Waals surface area contributed by atoms with Crippen molar-refractivity contribution in [1.82, 2.24) is 4.90 Å². The van der Waals surface area contributed by atoms with Crippen LogP contribution in [0.3, 0.4) is 0 Å². The van der Waals surface area contributed by atoms with E-state index in [1.54, 1.807) is 0 Å². The summed E-state index contributed by atoms with van der Waals surface area (Å²) in [5, 5.41) is 0. The molecule has 2 rings (SSSR count). The van der Waals surface area contributed by atoms with Crippen molar-refractivity contribution >= 4 is 5.78 Å². The minimum absolute atomic E-state index is 0.161. The van der Waals surface area contributed by atoms with Crippen LogP contribution in [0.15, 0.2) is 54.6 Å². The number of ketones is 1. The van der Waals surface area contributed by atoms with Gasteiger partial charge in [0.25, 0.3) is 0 Å². The van der Waals surface area contributed by atoms with Crippen LogP contribution < -0.4 is 0 Å². The van der Waals surface area contributed by atoms with Gasteiger partial charge in [-0.05, 0) is 39.9 Å². The molecule has 2 heteroatoms. The highest BCUT2D eigenvalue weighted by Crippen LogP contribution is 2.24. The van der Waals surface area contributed by atoms with Crippen molar-refractivity contribution in [2.75, 3.05) is 14.1 Å². The van der Waals surface area contributed by atoms with Gasteiger partial charge in [0.2, 0.25) is 0 Å². The standard InChI is InChI=1S/C19H23NO/c1-15-10-12-16(13-11-15)14-19(2,20(3)4)18(21)17-8-6-5-7-9-17/h5-13H,14H2,1-4H3. The van der Waals surface area contributed by atoms with E-state index in [1.807, 2.05) is 56.3 Å². The second kappa shape index (κ2) is 6.23. The van der Waals surface area contributed by atoms with Gasteiger partial charge in [-0.1, -0.05) is 60.2 Å². The van der Waals surface area contributed by atoms with Gasteiger partial charge in [0.05, 0.1) is 5.54 Å². The van der Waals surface area contributed by atoms with E-state index in [4.69, 9.17) is 0 Å². The molecule has 21 heavy (non-hydrogen) atoms. The molecule has 0 aromatic heterocycles. The van der Waals surface area contributed by atoms with Crippen LogP contribution in [0.1, 0.15) is 28.4 Å². The first-order chi connectivity index (χ1) is 9.93. The Morgan fingerprint density at radius 3 is 2.10 bits per heavy atom. The lowest BCUT2D eigenvalue weighted by Gasteiger charge is -2.35. The van der Waals surface area contributed by atoms with E-state index in [0.29, 0.717) is 6.42 Å². The third kappa shape index (κ3) is 3.40. The molecule has 0 heterocycles. The Morgan fingerprint density at radius 1 is 1.00 bits per heavy atom. The quantitative estimate of drug-likeness (QED) is 0.778. The molecule has 1 atom stereocenters. The Hall–Kier alpha value is -1.93. The first kappa shape index (κ1) is 15.5. The van der Waals surface area contributed by atoms with Gasteiger partial charge < -0.3 is 0 Å². The number of hydrogen-bond donors (Lipinski definition) is 0. The summed E-state index contributed by atoms with van der Waals surface area (Å²) in [5.41, 5.74) is 2.64. The summed E-state index contributed by atoms with van der Waals surface area (Å²) in [6.07, 6.45) is 0.702. The lowest BCUT2D eigenvalue weighted by atomic mass is 9.84. The van der Waals surface area contributed by atoms with Crippen molar-refractivity contribution in [2.45, 2.75) is 25.8 Å². The molecule has 2 nitrogen and oxygen atoms in total. The van der Waals surface area contributed by atoms with Crippen LogP contribution in [-0.2, 0) is 6.42 Å². The number of aryl methyl sites for hydroxylation is 1. The molecule has 0 bridgehead atoms. The molecule has 0 spiro atoms. The van der Waals surface area contributed by atoms with E-state index in [2.05, 4.69) is 31.2 Å². The molecule has 2 aromatic rings. The molecule has 0 radical (unpaired) electrons. The van der Waals surface area contributed by atoms with Crippen LogP contribution >= 0.6 is 0 Å². The number of hydrogen-bond acceptors (Lipinski definition) is 2. The predicted molar refractivity (Wildman–Crippen MR) is 87.7 cm³/mol. The maximum absolute atomic E-state index is 12.9. The maximum Gasteiger partial charge on any atom is 0.183 e. The molecule has 0 N–H and O–H groups in total. The smallest absolute Gasteiger partial charge is 0.183 e. The Kier molecular flexibility index (Phi) is 4.59. The summed E-state index contributed by atoms with van der Waals surface area (Å²) in [4.78, 5) is 15.0. The number of nitrogens with zero attached hydrogens (tertiary/aromatic N) is 1. The molecule has 0 fully saturated rings. The van der Waals surface area contributed by atoms with E-state index in [-0.39, 0.29) is 5.78 Å². The molecule has 0 aliphatic heterocycles. The Labute approximate surface area is 127 Å². The minimum Gasteiger partial charge on any atom is -0.297 e. The summed E-state index contributed by atoms with van der Waals surface area (Å²) in [6, 6.07) is 17.9. The van der Waals surface area contributed by atoms with Crippen LogP contribution in [0.5, 0.6) is 0 Å². The number of benzene rings is 2. The highest BCUT2D eigenvalue weighted by atomic mass is 16.1. The molecule has 2 aromatic carbocycles. The van der Waals surface area contributed by atoms with Crippen molar-refractivity contribution < 1.29 is 4.79 Å². The van der Waals surface area contributed by atoms with Gasteiger partial charge in [-0.3, -0.25) is 9.69 Å². The Morgan fingerprint density at radius 2 is 1.57 bits per heavy atom. The number of carbonyl (C=O) groups is 1. The van der Waals surface area contributed by atoms with E-state index in [1.165, 1.54) is 11.1 Å². The molecular weight excluding hydrogens is 258 g/mol. The fraction of sp³-hybridized carbons (Fsp3) is 0.316. The summed E-state index contributed by atoms with van der Waals surface area (Å²) in [5.74, 6) is 0.161. The van der Waals surface area contributed by atoms with Crippen molar-refractivity contribution in [1.29, 1.82) is 0 Å². The Bertz CT molecular complexity index is 601. The maximum atomic E-state index is 12.9. The highest BCUT2D eigenvalue weighted by molar-refractivity contribution is 6.03. The lowest BCUT2D eigenvalue weighted by molar-refractivity contribution is 0.0719. The molecule has 1 unspecified atom stereocenters. The van der Waals surface area contributed by atoms with Gasteiger partial charge in [0.15, 0.2) is 5.78 Å². The Balaban J connectivity index is 2.32. The molecule has 0 saturated heterocycles. The van der Waals surface area contributed by atoms with Gasteiger partial charge in [0, 0.05) is 5.56 Å². The SMILES string of the molecule is Cc1ccc(CC(C)(C(=O)c2ccccc2)N(C)C)cc1. The first-order valence-corrected chi connectivity index (χ1v) is 7.26. The van der Waals surface area contributed by atoms with Gasteiger partial charge in [-0.15, -0.1) is 0 Å². The van der Waals surface area contributed by atoms with Gasteiger partial charge in [-0.25, -0.2) is 0 Å². The molecular formula is C19H23NO. The largest absolute Gasteiger partial charge is 0.297 e. The third-order valence-corrected chi connectivity index (χ3v) is 4.18. The molecule has 0 saturated carbocycles. The third-order valence-electron chi connectivity index (χ3n) is 4.18. The summed E-state index contributed by atoms with van der Waals surface area (Å²) in [7, 11) is 3.93. The van der Waals surface area contributed by atoms with Gasteiger partial charge in [-0.2, -0.15) is 0 Å². The summed E-state index contributed by atoms with van der Waals surface area (Å²) < 4.78 is 0. The van der Waals surface area contributed by atoms with E-state index >= 15 is 0 Å². The predicted octanol–water partition coefficient (Wildman–Crippen LogP) is 3.74. The zero-order chi connectivity index (χ0) is 15.5. The minimum atomic E-state index is -0.545. The van der Waals surface area contributed by atoms with Crippen LogP contribution in [-0.4, -0.2) is 30.3 Å². The zero-order valence-electron chi connectivity index (χ0n) is 13.3. The van der Waals surface area contributed by atoms with Crippen molar-refractivity contribution in [3.63, 3.8) is 0 Å². The van der Waals surface area contributed by atoms with Crippen LogP contribution in [0, 0.1) is 6.92 Å². The molecule has 0 aliphatic rings. The fourth-order valence-electron chi connectivity index (χ4n) is 2.45. The second-order valence-electron chi connectivity index (χ2n) is 6.03. The van der Waals surface area contributed by atoms with Crippen molar-refractivity contribution in [2.24, 2.45) is 0 Å².